The fourth-order valence-corrected chi connectivity index (χ4v) is 3.06. The van der Waals surface area contributed by atoms with Gasteiger partial charge in [-0.05, 0) is 24.6 Å². The van der Waals surface area contributed by atoms with Crippen LogP contribution in [0.25, 0.3) is 0 Å². The molecular weight excluding hydrogens is 358 g/mol. The molecule has 1 aromatic carbocycles. The van der Waals surface area contributed by atoms with Gasteiger partial charge in [0, 0.05) is 25.0 Å². The Morgan fingerprint density at radius 2 is 2.04 bits per heavy atom. The fourth-order valence-electron chi connectivity index (χ4n) is 3.06. The Bertz CT molecular complexity index is 653. The summed E-state index contributed by atoms with van der Waals surface area (Å²) in [4.78, 5) is 23.4. The van der Waals surface area contributed by atoms with Gasteiger partial charge in [-0.3, -0.25) is 9.59 Å². The van der Waals surface area contributed by atoms with Crippen LogP contribution in [0.15, 0.2) is 24.3 Å². The van der Waals surface area contributed by atoms with Gasteiger partial charge in [0.2, 0.25) is 5.91 Å². The van der Waals surface area contributed by atoms with Crippen LogP contribution >= 0.6 is 12.4 Å². The average Bonchev–Trinajstić information content (AvgIpc) is 2.57. The third-order valence-electron chi connectivity index (χ3n) is 4.97. The molecule has 1 aliphatic rings. The van der Waals surface area contributed by atoms with Crippen molar-refractivity contribution in [2.75, 3.05) is 13.2 Å². The minimum Gasteiger partial charge on any atom is -0.484 e. The maximum atomic E-state index is 12.6. The molecule has 2 rings (SSSR count). The minimum absolute atomic E-state index is 0. The van der Waals surface area contributed by atoms with Gasteiger partial charge >= 0.3 is 0 Å². The van der Waals surface area contributed by atoms with Crippen LogP contribution < -0.4 is 21.5 Å². The second kappa shape index (κ2) is 8.70. The lowest BCUT2D eigenvalue weighted by atomic mass is 9.54. The first-order chi connectivity index (χ1) is 11.7. The number of hydrogen-bond donors (Lipinski definition) is 3. The highest BCUT2D eigenvalue weighted by Gasteiger charge is 2.62. The summed E-state index contributed by atoms with van der Waals surface area (Å²) in [5.41, 5.74) is 10.9. The summed E-state index contributed by atoms with van der Waals surface area (Å²) in [6.45, 7) is 6.57. The zero-order valence-electron chi connectivity index (χ0n) is 15.4. The summed E-state index contributed by atoms with van der Waals surface area (Å²) >= 11 is 0. The smallest absolute Gasteiger partial charge is 0.255 e. The number of carbonyl (C=O) groups excluding carboxylic acids is 2. The van der Waals surface area contributed by atoms with E-state index in [1.165, 1.54) is 0 Å². The first-order valence-electron chi connectivity index (χ1n) is 8.39. The second-order valence-electron chi connectivity index (χ2n) is 6.93. The molecule has 2 unspecified atom stereocenters. The molecular formula is C18H28ClN3O4. The average molecular weight is 386 g/mol. The molecule has 0 heterocycles. The van der Waals surface area contributed by atoms with Crippen LogP contribution in [0.2, 0.25) is 0 Å². The van der Waals surface area contributed by atoms with Crippen molar-refractivity contribution < 1.29 is 19.1 Å². The Balaban J connectivity index is 0.00000338. The topological polar surface area (TPSA) is 117 Å². The molecule has 2 atom stereocenters. The number of nitrogens with two attached hydrogens (primary N) is 2. The maximum Gasteiger partial charge on any atom is 0.255 e. The predicted molar refractivity (Wildman–Crippen MR) is 101 cm³/mol. The summed E-state index contributed by atoms with van der Waals surface area (Å²) in [6.07, 6.45) is 0.486. The Kier molecular flexibility index (Phi) is 7.44. The number of benzene rings is 1. The zero-order valence-corrected chi connectivity index (χ0v) is 16.2. The van der Waals surface area contributed by atoms with Crippen molar-refractivity contribution in [2.24, 2.45) is 16.9 Å². The van der Waals surface area contributed by atoms with E-state index in [0.717, 1.165) is 5.56 Å². The molecule has 0 radical (unpaired) electrons. The van der Waals surface area contributed by atoms with Crippen molar-refractivity contribution in [3.05, 3.63) is 29.8 Å². The van der Waals surface area contributed by atoms with E-state index in [9.17, 15) is 9.59 Å². The summed E-state index contributed by atoms with van der Waals surface area (Å²) in [7, 11) is 0. The van der Waals surface area contributed by atoms with Crippen molar-refractivity contribution in [1.29, 1.82) is 0 Å². The highest BCUT2D eigenvalue weighted by atomic mass is 35.5. The molecule has 5 N–H and O–H groups in total. The molecule has 0 saturated heterocycles. The lowest BCUT2D eigenvalue weighted by Crippen LogP contribution is -2.75. The molecule has 8 heteroatoms. The van der Waals surface area contributed by atoms with E-state index in [1.807, 2.05) is 26.8 Å². The Morgan fingerprint density at radius 1 is 1.35 bits per heavy atom. The van der Waals surface area contributed by atoms with E-state index < -0.39 is 16.9 Å². The molecule has 0 bridgehead atoms. The molecule has 1 aromatic rings. The second-order valence-corrected chi connectivity index (χ2v) is 6.93. The molecule has 1 saturated carbocycles. The molecule has 1 fully saturated rings. The number of amides is 2. The molecule has 2 amide bonds. The number of nitrogens with one attached hydrogen (secondary N) is 1. The van der Waals surface area contributed by atoms with Crippen molar-refractivity contribution >= 4 is 24.2 Å². The monoisotopic (exact) mass is 385 g/mol. The van der Waals surface area contributed by atoms with Crippen LogP contribution in [0.4, 0.5) is 0 Å². The van der Waals surface area contributed by atoms with Gasteiger partial charge in [-0.2, -0.15) is 0 Å². The lowest BCUT2D eigenvalue weighted by molar-refractivity contribution is -0.170. The normalized spacial score (nSPS) is 23.3. The van der Waals surface area contributed by atoms with Crippen molar-refractivity contribution in [3.63, 3.8) is 0 Å². The van der Waals surface area contributed by atoms with Crippen LogP contribution in [0.1, 0.15) is 32.8 Å². The van der Waals surface area contributed by atoms with E-state index in [4.69, 9.17) is 20.9 Å². The number of halogens is 1. The highest BCUT2D eigenvalue weighted by Crippen LogP contribution is 2.49. The van der Waals surface area contributed by atoms with Crippen LogP contribution in [0.3, 0.4) is 0 Å². The lowest BCUT2D eigenvalue weighted by Gasteiger charge is -2.57. The van der Waals surface area contributed by atoms with Crippen LogP contribution in [0.5, 0.6) is 5.75 Å². The van der Waals surface area contributed by atoms with Gasteiger partial charge in [0.25, 0.3) is 5.91 Å². The summed E-state index contributed by atoms with van der Waals surface area (Å²) in [5.74, 6) is -0.217. The summed E-state index contributed by atoms with van der Waals surface area (Å²) in [6, 6.07) is 7.12. The highest BCUT2D eigenvalue weighted by molar-refractivity contribution is 5.88. The Morgan fingerprint density at radius 3 is 2.62 bits per heavy atom. The van der Waals surface area contributed by atoms with Crippen molar-refractivity contribution in [3.8, 4) is 5.75 Å². The third kappa shape index (κ3) is 4.47. The predicted octanol–water partition coefficient (Wildman–Crippen LogP) is 1.12. The molecule has 0 aromatic heterocycles. The molecule has 0 aliphatic heterocycles. The number of primary amides is 1. The largest absolute Gasteiger partial charge is 0.484 e. The van der Waals surface area contributed by atoms with Crippen LogP contribution in [-0.2, 0) is 20.9 Å². The van der Waals surface area contributed by atoms with Gasteiger partial charge < -0.3 is 26.3 Å². The third-order valence-corrected chi connectivity index (χ3v) is 4.97. The number of rotatable bonds is 8. The Hall–Kier alpha value is -1.83. The fraction of sp³-hybridized carbons (Fsp3) is 0.556. The summed E-state index contributed by atoms with van der Waals surface area (Å²) in [5, 5.41) is 2.89. The van der Waals surface area contributed by atoms with Gasteiger partial charge in [0.15, 0.2) is 6.61 Å². The van der Waals surface area contributed by atoms with Crippen molar-refractivity contribution in [1.82, 2.24) is 5.32 Å². The van der Waals surface area contributed by atoms with Gasteiger partial charge in [-0.25, -0.2) is 0 Å². The van der Waals surface area contributed by atoms with Crippen LogP contribution in [-0.4, -0.2) is 36.7 Å². The number of hydrogen-bond acceptors (Lipinski definition) is 5. The summed E-state index contributed by atoms with van der Waals surface area (Å²) < 4.78 is 10.9. The molecule has 7 nitrogen and oxygen atoms in total. The number of carbonyl (C=O) groups is 2. The van der Waals surface area contributed by atoms with E-state index in [-0.39, 0.29) is 31.0 Å². The van der Waals surface area contributed by atoms with E-state index >= 15 is 0 Å². The van der Waals surface area contributed by atoms with E-state index in [1.54, 1.807) is 18.2 Å². The van der Waals surface area contributed by atoms with E-state index in [2.05, 4.69) is 5.32 Å². The first-order valence-corrected chi connectivity index (χ1v) is 8.39. The number of ether oxygens (including phenoxy) is 2. The van der Waals surface area contributed by atoms with Crippen molar-refractivity contribution in [2.45, 2.75) is 45.4 Å². The van der Waals surface area contributed by atoms with Crippen LogP contribution in [0, 0.1) is 5.41 Å². The molecule has 146 valence electrons. The Labute approximate surface area is 160 Å². The first kappa shape index (κ1) is 22.2. The minimum atomic E-state index is -0.951. The van der Waals surface area contributed by atoms with Gasteiger partial charge in [-0.15, -0.1) is 12.4 Å². The van der Waals surface area contributed by atoms with Gasteiger partial charge in [0.1, 0.15) is 11.3 Å². The molecule has 26 heavy (non-hydrogen) atoms. The standard InChI is InChI=1S/C18H27N3O4.ClH/c1-4-24-14-9-18(20,17(14,2)3)16(23)21-10-12-6-5-7-13(8-12)25-11-15(19)22;/h5-8,14H,4,9-11,20H2,1-3H3,(H2,19,22)(H,21,23);1H. The molecule has 0 spiro atoms. The SMILES string of the molecule is CCOC1CC(N)(C(=O)NCc2cccc(OCC(N)=O)c2)C1(C)C.Cl. The van der Waals surface area contributed by atoms with Gasteiger partial charge in [-0.1, -0.05) is 26.0 Å². The zero-order chi connectivity index (χ0) is 18.7. The quantitative estimate of drug-likeness (QED) is 0.620. The van der Waals surface area contributed by atoms with E-state index in [0.29, 0.717) is 25.3 Å². The maximum absolute atomic E-state index is 12.6. The molecule has 1 aliphatic carbocycles. The van der Waals surface area contributed by atoms with Gasteiger partial charge in [0.05, 0.1) is 6.10 Å².